The molecule has 0 N–H and O–H groups in total. The molecule has 3 atom stereocenters. The molecule has 1 aromatic carbocycles. The minimum absolute atomic E-state index is 0.0358. The van der Waals surface area contributed by atoms with Gasteiger partial charge in [0.15, 0.2) is 8.32 Å². The molecule has 0 bridgehead atoms. The normalized spacial score (nSPS) is 24.7. The van der Waals surface area contributed by atoms with Gasteiger partial charge in [-0.2, -0.15) is 4.68 Å². The molecule has 2 aromatic rings. The summed E-state index contributed by atoms with van der Waals surface area (Å²) in [5.41, 5.74) is -0.349. The van der Waals surface area contributed by atoms with Gasteiger partial charge in [-0.05, 0) is 55.0 Å². The van der Waals surface area contributed by atoms with Gasteiger partial charge in [-0.25, -0.2) is 8.42 Å². The number of tetrazole rings is 1. The van der Waals surface area contributed by atoms with Crippen LogP contribution < -0.4 is 0 Å². The van der Waals surface area contributed by atoms with Crippen LogP contribution in [0.4, 0.5) is 0 Å². The van der Waals surface area contributed by atoms with Gasteiger partial charge in [0.1, 0.15) is 6.10 Å². The van der Waals surface area contributed by atoms with Crippen LogP contribution in [-0.4, -0.2) is 60.4 Å². The van der Waals surface area contributed by atoms with Crippen molar-refractivity contribution in [2.75, 3.05) is 5.75 Å². The molecule has 1 aliphatic rings. The van der Waals surface area contributed by atoms with Crippen LogP contribution in [0.1, 0.15) is 33.1 Å². The molecule has 0 radical (unpaired) electrons. The molecule has 9 nitrogen and oxygen atoms in total. The van der Waals surface area contributed by atoms with Crippen molar-refractivity contribution < 1.29 is 22.4 Å². The number of ether oxygens (including phenoxy) is 1. The molecule has 1 aromatic heterocycles. The lowest BCUT2D eigenvalue weighted by Crippen LogP contribution is -2.56. The minimum Gasteiger partial charge on any atom is -0.462 e. The quantitative estimate of drug-likeness (QED) is 0.431. The van der Waals surface area contributed by atoms with Crippen molar-refractivity contribution in [3.8, 4) is 5.69 Å². The van der Waals surface area contributed by atoms with Crippen LogP contribution in [0.3, 0.4) is 0 Å². The first kappa shape index (κ1) is 23.5. The van der Waals surface area contributed by atoms with Crippen LogP contribution in [0.25, 0.3) is 5.69 Å². The fourth-order valence-corrected chi connectivity index (χ4v) is 7.04. The van der Waals surface area contributed by atoms with E-state index in [1.165, 1.54) is 4.68 Å². The van der Waals surface area contributed by atoms with Crippen molar-refractivity contribution in [2.45, 2.75) is 69.6 Å². The smallest absolute Gasteiger partial charge is 0.308 e. The van der Waals surface area contributed by atoms with Gasteiger partial charge in [0, 0.05) is 5.92 Å². The Morgan fingerprint density at radius 3 is 2.55 bits per heavy atom. The minimum atomic E-state index is -3.84. The van der Waals surface area contributed by atoms with E-state index in [1.807, 2.05) is 39.6 Å². The number of esters is 1. The number of carbonyl (C=O) groups is 1. The molecule has 1 saturated heterocycles. The van der Waals surface area contributed by atoms with E-state index in [4.69, 9.17) is 9.16 Å². The van der Waals surface area contributed by atoms with Gasteiger partial charge >= 0.3 is 5.97 Å². The third kappa shape index (κ3) is 5.21. The molecule has 0 aliphatic carbocycles. The van der Waals surface area contributed by atoms with E-state index >= 15 is 0 Å². The number of benzene rings is 1. The number of cyclic esters (lactones) is 1. The molecule has 0 saturated carbocycles. The second-order valence-corrected chi connectivity index (χ2v) is 15.4. The van der Waals surface area contributed by atoms with E-state index < -0.39 is 23.8 Å². The zero-order valence-electron chi connectivity index (χ0n) is 18.6. The molecule has 1 fully saturated rings. The lowest BCUT2D eigenvalue weighted by Gasteiger charge is -2.48. The van der Waals surface area contributed by atoms with Crippen molar-refractivity contribution in [1.29, 1.82) is 0 Å². The van der Waals surface area contributed by atoms with Crippen molar-refractivity contribution >= 4 is 24.1 Å². The molecular formula is C20H30N4O5SSi. The lowest BCUT2D eigenvalue weighted by atomic mass is 9.77. The highest BCUT2D eigenvalue weighted by molar-refractivity contribution is 7.91. The summed E-state index contributed by atoms with van der Waals surface area (Å²) in [5, 5.41) is 11.0. The predicted octanol–water partition coefficient (Wildman–Crippen LogP) is 2.78. The third-order valence-electron chi connectivity index (χ3n) is 5.54. The van der Waals surface area contributed by atoms with E-state index in [9.17, 15) is 13.2 Å². The average Bonchev–Trinajstić information content (AvgIpc) is 3.20. The average molecular weight is 467 g/mol. The Kier molecular flexibility index (Phi) is 6.68. The Hall–Kier alpha value is -2.11. The molecule has 31 heavy (non-hydrogen) atoms. The van der Waals surface area contributed by atoms with E-state index in [0.29, 0.717) is 12.1 Å². The molecular weight excluding hydrogens is 436 g/mol. The lowest BCUT2D eigenvalue weighted by molar-refractivity contribution is -0.180. The zero-order chi connectivity index (χ0) is 22.9. The third-order valence-corrected chi connectivity index (χ3v) is 8.11. The number of nitrogens with zero attached hydrogens (tertiary/aromatic N) is 4. The summed E-state index contributed by atoms with van der Waals surface area (Å²) in [5.74, 6) is -0.726. The Balaban J connectivity index is 1.92. The molecule has 0 unspecified atom stereocenters. The number of hydrogen-bond acceptors (Lipinski definition) is 8. The molecule has 0 amide bonds. The summed E-state index contributed by atoms with van der Waals surface area (Å²) in [6.07, 6.45) is 0.528. The summed E-state index contributed by atoms with van der Waals surface area (Å²) in [6, 6.07) is 8.86. The molecule has 2 heterocycles. The van der Waals surface area contributed by atoms with Crippen molar-refractivity contribution in [1.82, 2.24) is 20.2 Å². The Morgan fingerprint density at radius 1 is 1.26 bits per heavy atom. The summed E-state index contributed by atoms with van der Waals surface area (Å²) in [6.45, 7) is 10.0. The fraction of sp³-hybridized carbons (Fsp3) is 0.600. The maximum Gasteiger partial charge on any atom is 0.308 e. The van der Waals surface area contributed by atoms with Gasteiger partial charge in [0.25, 0.3) is 5.16 Å². The van der Waals surface area contributed by atoms with Crippen molar-refractivity contribution in [3.05, 3.63) is 30.3 Å². The second-order valence-electron chi connectivity index (χ2n) is 8.96. The molecule has 11 heteroatoms. The fourth-order valence-electron chi connectivity index (χ4n) is 4.10. The topological polar surface area (TPSA) is 113 Å². The van der Waals surface area contributed by atoms with Crippen LogP contribution in [0, 0.1) is 5.92 Å². The van der Waals surface area contributed by atoms with Crippen LogP contribution in [-0.2, 0) is 23.8 Å². The first-order valence-electron chi connectivity index (χ1n) is 10.4. The van der Waals surface area contributed by atoms with Gasteiger partial charge in [-0.15, -0.1) is 0 Å². The largest absolute Gasteiger partial charge is 0.462 e. The number of para-hydroxylation sites is 1. The first-order valence-corrected chi connectivity index (χ1v) is 15.5. The molecule has 0 spiro atoms. The zero-order valence-corrected chi connectivity index (χ0v) is 20.4. The highest BCUT2D eigenvalue weighted by atomic mass is 32.2. The van der Waals surface area contributed by atoms with Gasteiger partial charge in [0.2, 0.25) is 9.84 Å². The highest BCUT2D eigenvalue weighted by Crippen LogP contribution is 2.41. The van der Waals surface area contributed by atoms with E-state index in [0.717, 1.165) is 0 Å². The Bertz CT molecular complexity index is 1020. The number of sulfone groups is 1. The molecule has 170 valence electrons. The monoisotopic (exact) mass is 466 g/mol. The highest BCUT2D eigenvalue weighted by Gasteiger charge is 2.50. The summed E-state index contributed by atoms with van der Waals surface area (Å²) in [4.78, 5) is 12.4. The molecule has 1 aliphatic heterocycles. The maximum absolute atomic E-state index is 13.3. The number of hydrogen-bond donors (Lipinski definition) is 0. The van der Waals surface area contributed by atoms with Gasteiger partial charge in [-0.1, -0.05) is 37.1 Å². The van der Waals surface area contributed by atoms with E-state index in [-0.39, 0.29) is 41.7 Å². The Morgan fingerprint density at radius 2 is 1.94 bits per heavy atom. The Labute approximate surface area is 184 Å². The summed E-state index contributed by atoms with van der Waals surface area (Å²) < 4.78 is 39.8. The van der Waals surface area contributed by atoms with Crippen molar-refractivity contribution in [2.24, 2.45) is 5.92 Å². The number of carbonyl (C=O) groups excluding carboxylic acids is 1. The number of aromatic nitrogens is 4. The predicted molar refractivity (Wildman–Crippen MR) is 117 cm³/mol. The van der Waals surface area contributed by atoms with Crippen LogP contribution in [0.15, 0.2) is 35.5 Å². The van der Waals surface area contributed by atoms with Gasteiger partial charge in [0.05, 0.1) is 23.5 Å². The second kappa shape index (κ2) is 8.79. The van der Waals surface area contributed by atoms with E-state index in [2.05, 4.69) is 15.5 Å². The SMILES string of the molecule is CC[C@@H]1OC(=O)C[C@@](CCS(=O)(=O)c2nnnn2-c2ccccc2)(O[Si](C)(C)C)[C@H]1C. The standard InChI is InChI=1S/C20H30N4O5SSi/c1-6-17-15(2)20(14-18(25)28-17,29-31(3,4)5)12-13-30(26,27)19-21-22-23-24(19)16-10-8-7-9-11-16/h7-11,15,17H,6,12-14H2,1-5H3/t15-,17-,20+/m0/s1. The van der Waals surface area contributed by atoms with Gasteiger partial charge < -0.3 is 9.16 Å². The van der Waals surface area contributed by atoms with Crippen molar-refractivity contribution in [3.63, 3.8) is 0 Å². The van der Waals surface area contributed by atoms with Crippen LogP contribution in [0.5, 0.6) is 0 Å². The first-order chi connectivity index (χ1) is 14.5. The maximum atomic E-state index is 13.3. The van der Waals surface area contributed by atoms with Gasteiger partial charge in [-0.3, -0.25) is 4.79 Å². The summed E-state index contributed by atoms with van der Waals surface area (Å²) in [7, 11) is -5.95. The van der Waals surface area contributed by atoms with Crippen LogP contribution >= 0.6 is 0 Å². The molecule has 3 rings (SSSR count). The van der Waals surface area contributed by atoms with E-state index in [1.54, 1.807) is 24.3 Å². The number of rotatable bonds is 8. The summed E-state index contributed by atoms with van der Waals surface area (Å²) >= 11 is 0. The van der Waals surface area contributed by atoms with Crippen LogP contribution in [0.2, 0.25) is 19.6 Å².